The lowest BCUT2D eigenvalue weighted by Gasteiger charge is -2.38. The number of nitrogens with one attached hydrogen (secondary N) is 1. The summed E-state index contributed by atoms with van der Waals surface area (Å²) in [5.74, 6) is -2.84. The van der Waals surface area contributed by atoms with Gasteiger partial charge in [-0.3, -0.25) is 24.1 Å². The summed E-state index contributed by atoms with van der Waals surface area (Å²) < 4.78 is 27.4. The van der Waals surface area contributed by atoms with Crippen LogP contribution in [0, 0.1) is 5.92 Å². The number of aliphatic carboxylic acids is 1. The van der Waals surface area contributed by atoms with Gasteiger partial charge in [-0.15, -0.1) is 0 Å². The van der Waals surface area contributed by atoms with E-state index in [1.165, 1.54) is 35.3 Å². The summed E-state index contributed by atoms with van der Waals surface area (Å²) in [5.41, 5.74) is 0.470. The van der Waals surface area contributed by atoms with Gasteiger partial charge in [0.25, 0.3) is 11.8 Å². The second kappa shape index (κ2) is 18.3. The minimum atomic E-state index is -1.87. The van der Waals surface area contributed by atoms with Crippen LogP contribution in [-0.4, -0.2) is 119 Å². The van der Waals surface area contributed by atoms with Crippen LogP contribution in [0.1, 0.15) is 45.1 Å². The van der Waals surface area contributed by atoms with Crippen LogP contribution in [0.3, 0.4) is 0 Å². The first-order chi connectivity index (χ1) is 22.4. The van der Waals surface area contributed by atoms with E-state index in [9.17, 15) is 44.4 Å². The summed E-state index contributed by atoms with van der Waals surface area (Å²) in [6.07, 6.45) is -4.26. The van der Waals surface area contributed by atoms with Crippen molar-refractivity contribution >= 4 is 29.7 Å². The number of carbonyl (C=O) groups excluding carboxylic acids is 4. The van der Waals surface area contributed by atoms with Crippen molar-refractivity contribution in [2.24, 2.45) is 5.92 Å². The second-order valence-electron chi connectivity index (χ2n) is 11.2. The molecule has 0 spiro atoms. The Kier molecular flexibility index (Phi) is 14.6. The maximum Gasteiger partial charge on any atom is 0.335 e. The van der Waals surface area contributed by atoms with E-state index in [0.717, 1.165) is 0 Å². The number of rotatable bonds is 19. The molecule has 3 amide bonds. The van der Waals surface area contributed by atoms with Gasteiger partial charge in [-0.2, -0.15) is 0 Å². The van der Waals surface area contributed by atoms with E-state index in [1.54, 1.807) is 13.8 Å². The molecule has 0 unspecified atom stereocenters. The highest BCUT2D eigenvalue weighted by atomic mass is 16.7. The number of carboxylic acid groups (broad SMARTS) is 1. The Labute approximate surface area is 271 Å². The largest absolute Gasteiger partial charge is 0.491 e. The molecule has 16 nitrogen and oxygen atoms in total. The van der Waals surface area contributed by atoms with Gasteiger partial charge < -0.3 is 49.4 Å². The Hall–Kier alpha value is -4.09. The van der Waals surface area contributed by atoms with Crippen molar-refractivity contribution in [1.82, 2.24) is 10.2 Å². The minimum Gasteiger partial charge on any atom is -0.491 e. The molecule has 1 saturated heterocycles. The van der Waals surface area contributed by atoms with E-state index in [-0.39, 0.29) is 68.1 Å². The SMILES string of the molecule is CC(C)C(=O)OCc1ccc(O[C@@H]2O[C@H](C(=O)O)[C@@H](O)[C@H](O)[C@H]2O)cc1OCCOCCNC(=O)CCCCCN1C(=O)C=CC1=O. The number of esters is 1. The molecule has 2 heterocycles. The fraction of sp³-hybridized carbons (Fsp3) is 0.581. The van der Waals surface area contributed by atoms with Gasteiger partial charge in [0, 0.05) is 43.3 Å². The fourth-order valence-electron chi connectivity index (χ4n) is 4.51. The van der Waals surface area contributed by atoms with Crippen LogP contribution in [-0.2, 0) is 44.8 Å². The first-order valence-corrected chi connectivity index (χ1v) is 15.3. The van der Waals surface area contributed by atoms with Crippen molar-refractivity contribution < 1.29 is 68.1 Å². The number of hydrogen-bond acceptors (Lipinski definition) is 13. The molecule has 2 aliphatic rings. The number of imide groups is 1. The van der Waals surface area contributed by atoms with Crippen LogP contribution < -0.4 is 14.8 Å². The third-order valence-electron chi connectivity index (χ3n) is 7.19. The highest BCUT2D eigenvalue weighted by Gasteiger charge is 2.48. The van der Waals surface area contributed by atoms with Crippen molar-refractivity contribution in [2.45, 2.75) is 76.8 Å². The summed E-state index contributed by atoms with van der Waals surface area (Å²) in [6.45, 7) is 4.22. The van der Waals surface area contributed by atoms with Gasteiger partial charge in [0.05, 0.1) is 19.1 Å². The summed E-state index contributed by atoms with van der Waals surface area (Å²) in [5, 5.41) is 42.3. The molecule has 3 rings (SSSR count). The lowest BCUT2D eigenvalue weighted by atomic mass is 9.99. The fourth-order valence-corrected chi connectivity index (χ4v) is 4.51. The Bertz CT molecular complexity index is 1270. The number of nitrogens with zero attached hydrogens (tertiary/aromatic N) is 1. The number of aliphatic hydroxyl groups is 3. The van der Waals surface area contributed by atoms with E-state index < -0.39 is 42.6 Å². The Morgan fingerprint density at radius 1 is 0.957 bits per heavy atom. The molecule has 2 aliphatic heterocycles. The average Bonchev–Trinajstić information content (AvgIpc) is 3.35. The lowest BCUT2D eigenvalue weighted by Crippen LogP contribution is -2.61. The number of aliphatic hydroxyl groups excluding tert-OH is 3. The van der Waals surface area contributed by atoms with Crippen molar-refractivity contribution in [3.63, 3.8) is 0 Å². The number of benzene rings is 1. The molecule has 47 heavy (non-hydrogen) atoms. The van der Waals surface area contributed by atoms with Gasteiger partial charge in [-0.1, -0.05) is 20.3 Å². The Morgan fingerprint density at radius 2 is 1.68 bits per heavy atom. The topological polar surface area (TPSA) is 228 Å². The third kappa shape index (κ3) is 11.3. The standard InChI is InChI=1S/C31H42N2O14/c1-18(2)30(42)45-17-19-7-8-20(46-31-27(39)25(37)26(38)28(47-31)29(40)41)16-21(19)44-15-14-43-13-11-32-22(34)6-4-3-5-12-33-23(35)9-10-24(33)36/h7-10,16,18,25-28,31,37-39H,3-6,11-15,17H2,1-2H3,(H,32,34)(H,40,41)/t25-,26-,27+,28-,31+/m0/s1. The van der Waals surface area contributed by atoms with Crippen LogP contribution in [0.4, 0.5) is 0 Å². The number of hydrogen-bond donors (Lipinski definition) is 5. The molecular formula is C31H42N2O14. The number of unbranched alkanes of at least 4 members (excludes halogenated alkanes) is 2. The predicted molar refractivity (Wildman–Crippen MR) is 160 cm³/mol. The van der Waals surface area contributed by atoms with Gasteiger partial charge in [0.15, 0.2) is 6.10 Å². The van der Waals surface area contributed by atoms with E-state index in [2.05, 4.69) is 5.32 Å². The number of ether oxygens (including phenoxy) is 5. The first-order valence-electron chi connectivity index (χ1n) is 15.3. The molecule has 5 N–H and O–H groups in total. The Balaban J connectivity index is 1.42. The molecule has 0 aliphatic carbocycles. The van der Waals surface area contributed by atoms with Gasteiger partial charge in [0.1, 0.15) is 43.0 Å². The molecule has 1 aromatic carbocycles. The summed E-state index contributed by atoms with van der Waals surface area (Å²) in [4.78, 5) is 59.7. The van der Waals surface area contributed by atoms with Crippen LogP contribution in [0.25, 0.3) is 0 Å². The maximum absolute atomic E-state index is 12.1. The quantitative estimate of drug-likeness (QED) is 0.0723. The van der Waals surface area contributed by atoms with Crippen LogP contribution in [0.5, 0.6) is 11.5 Å². The van der Waals surface area contributed by atoms with Crippen molar-refractivity contribution in [3.05, 3.63) is 35.9 Å². The highest BCUT2D eigenvalue weighted by molar-refractivity contribution is 6.12. The van der Waals surface area contributed by atoms with E-state index >= 15 is 0 Å². The van der Waals surface area contributed by atoms with Gasteiger partial charge in [-0.25, -0.2) is 4.79 Å². The molecule has 0 radical (unpaired) electrons. The first kappa shape index (κ1) is 37.4. The van der Waals surface area contributed by atoms with Gasteiger partial charge >= 0.3 is 11.9 Å². The van der Waals surface area contributed by atoms with Crippen LogP contribution in [0.15, 0.2) is 30.4 Å². The average molecular weight is 667 g/mol. The number of amides is 3. The zero-order chi connectivity index (χ0) is 34.5. The molecule has 0 saturated carbocycles. The second-order valence-corrected chi connectivity index (χ2v) is 11.2. The Morgan fingerprint density at radius 3 is 2.36 bits per heavy atom. The predicted octanol–water partition coefficient (Wildman–Crippen LogP) is -0.346. The zero-order valence-electron chi connectivity index (χ0n) is 26.2. The van der Waals surface area contributed by atoms with E-state index in [4.69, 9.17) is 23.7 Å². The summed E-state index contributed by atoms with van der Waals surface area (Å²) >= 11 is 0. The van der Waals surface area contributed by atoms with Crippen LogP contribution >= 0.6 is 0 Å². The number of carboxylic acids is 1. The van der Waals surface area contributed by atoms with E-state index in [0.29, 0.717) is 37.8 Å². The third-order valence-corrected chi connectivity index (χ3v) is 7.19. The van der Waals surface area contributed by atoms with Gasteiger partial charge in [-0.05, 0) is 25.0 Å². The summed E-state index contributed by atoms with van der Waals surface area (Å²) in [6, 6.07) is 4.38. The molecular weight excluding hydrogens is 624 g/mol. The molecule has 0 aromatic heterocycles. The zero-order valence-corrected chi connectivity index (χ0v) is 26.2. The monoisotopic (exact) mass is 666 g/mol. The van der Waals surface area contributed by atoms with Crippen molar-refractivity contribution in [1.29, 1.82) is 0 Å². The highest BCUT2D eigenvalue weighted by Crippen LogP contribution is 2.30. The summed E-state index contributed by atoms with van der Waals surface area (Å²) in [7, 11) is 0. The van der Waals surface area contributed by atoms with Crippen molar-refractivity contribution in [3.8, 4) is 11.5 Å². The number of carbonyl (C=O) groups is 5. The minimum absolute atomic E-state index is 0.0502. The molecule has 1 aromatic rings. The van der Waals surface area contributed by atoms with Crippen molar-refractivity contribution in [2.75, 3.05) is 32.9 Å². The van der Waals surface area contributed by atoms with Crippen LogP contribution in [0.2, 0.25) is 0 Å². The molecule has 260 valence electrons. The maximum atomic E-state index is 12.1. The normalized spacial score (nSPS) is 22.4. The van der Waals surface area contributed by atoms with Gasteiger partial charge in [0.2, 0.25) is 12.2 Å². The lowest BCUT2D eigenvalue weighted by molar-refractivity contribution is -0.271. The molecule has 1 fully saturated rings. The smallest absolute Gasteiger partial charge is 0.335 e. The molecule has 5 atom stereocenters. The molecule has 0 bridgehead atoms. The van der Waals surface area contributed by atoms with E-state index in [1.807, 2.05) is 0 Å². The molecule has 16 heteroatoms.